The number of H-pyrrole nitrogens is 1. The maximum absolute atomic E-state index is 12.4. The van der Waals surface area contributed by atoms with Gasteiger partial charge in [-0.2, -0.15) is 0 Å². The highest BCUT2D eigenvalue weighted by atomic mass is 35.5. The van der Waals surface area contributed by atoms with Crippen LogP contribution in [0.4, 0.5) is 5.95 Å². The Balaban J connectivity index is 2.11. The van der Waals surface area contributed by atoms with Crippen molar-refractivity contribution in [2.75, 3.05) is 5.32 Å². The second kappa shape index (κ2) is 7.57. The Hall–Kier alpha value is -2.87. The summed E-state index contributed by atoms with van der Waals surface area (Å²) < 4.78 is 0. The van der Waals surface area contributed by atoms with Gasteiger partial charge in [-0.15, -0.1) is 0 Å². The Kier molecular flexibility index (Phi) is 5.66. The summed E-state index contributed by atoms with van der Waals surface area (Å²) in [4.78, 5) is 41.8. The molecule has 0 unspecified atom stereocenters. The molecule has 1 aromatic heterocycles. The van der Waals surface area contributed by atoms with E-state index in [2.05, 4.69) is 20.6 Å². The second-order valence-electron chi connectivity index (χ2n) is 6.71. The predicted octanol–water partition coefficient (Wildman–Crippen LogP) is 2.08. The predicted molar refractivity (Wildman–Crippen MR) is 97.8 cm³/mol. The Morgan fingerprint density at radius 2 is 1.96 bits per heavy atom. The van der Waals surface area contributed by atoms with Crippen molar-refractivity contribution in [1.82, 2.24) is 15.3 Å². The maximum Gasteiger partial charge on any atom is 0.266 e. The average Bonchev–Trinajstić information content (AvgIpc) is 3.01. The number of hydrogen-bond donors (Lipinski definition) is 4. The standard InChI is InChI=1S/C17H20ClN5O3/c1-17(2,3)15(26)20-7-9-4-5-11(18)10(6-9)14(25)23-16-21-8-12(22-16)13(19)24/h4-6,8H,7H2,1-3H3,(H2,19,24)(H,20,26)(H2,21,22,23,25). The molecule has 0 radical (unpaired) electrons. The first-order chi connectivity index (χ1) is 12.1. The van der Waals surface area contributed by atoms with Crippen molar-refractivity contribution >= 4 is 35.3 Å². The van der Waals surface area contributed by atoms with Crippen LogP contribution in [0.1, 0.15) is 47.2 Å². The van der Waals surface area contributed by atoms with Crippen LogP contribution in [0, 0.1) is 5.41 Å². The molecule has 2 aromatic rings. The van der Waals surface area contributed by atoms with E-state index in [1.54, 1.807) is 18.2 Å². The number of anilines is 1. The number of benzene rings is 1. The largest absolute Gasteiger partial charge is 0.364 e. The number of imidazole rings is 1. The summed E-state index contributed by atoms with van der Waals surface area (Å²) in [6, 6.07) is 4.88. The Bertz CT molecular complexity index is 854. The van der Waals surface area contributed by atoms with E-state index in [9.17, 15) is 14.4 Å². The number of nitrogens with zero attached hydrogens (tertiary/aromatic N) is 1. The molecule has 9 heteroatoms. The highest BCUT2D eigenvalue weighted by molar-refractivity contribution is 6.34. The number of carbonyl (C=O) groups excluding carboxylic acids is 3. The summed E-state index contributed by atoms with van der Waals surface area (Å²) >= 11 is 6.10. The van der Waals surface area contributed by atoms with Crippen LogP contribution in [0.3, 0.4) is 0 Å². The zero-order chi connectivity index (χ0) is 19.5. The van der Waals surface area contributed by atoms with E-state index >= 15 is 0 Å². The van der Waals surface area contributed by atoms with Gasteiger partial charge in [-0.25, -0.2) is 4.98 Å². The van der Waals surface area contributed by atoms with E-state index in [1.165, 1.54) is 6.20 Å². The van der Waals surface area contributed by atoms with Crippen molar-refractivity contribution in [2.24, 2.45) is 11.1 Å². The van der Waals surface area contributed by atoms with Gasteiger partial charge in [-0.1, -0.05) is 38.4 Å². The molecule has 0 bridgehead atoms. The molecule has 8 nitrogen and oxygen atoms in total. The van der Waals surface area contributed by atoms with Gasteiger partial charge in [0.2, 0.25) is 11.9 Å². The van der Waals surface area contributed by atoms with E-state index in [4.69, 9.17) is 17.3 Å². The van der Waals surface area contributed by atoms with Crippen LogP contribution in [-0.4, -0.2) is 27.7 Å². The van der Waals surface area contributed by atoms with Gasteiger partial charge >= 0.3 is 0 Å². The van der Waals surface area contributed by atoms with Crippen LogP contribution >= 0.6 is 11.6 Å². The van der Waals surface area contributed by atoms with Crippen molar-refractivity contribution in [1.29, 1.82) is 0 Å². The molecule has 0 atom stereocenters. The van der Waals surface area contributed by atoms with Crippen LogP contribution in [0.5, 0.6) is 0 Å². The summed E-state index contributed by atoms with van der Waals surface area (Å²) in [7, 11) is 0. The zero-order valence-electron chi connectivity index (χ0n) is 14.6. The average molecular weight is 378 g/mol. The molecule has 1 aromatic carbocycles. The molecule has 0 aliphatic rings. The second-order valence-corrected chi connectivity index (χ2v) is 7.12. The van der Waals surface area contributed by atoms with E-state index in [1.807, 2.05) is 20.8 Å². The Labute approximate surface area is 155 Å². The third-order valence-electron chi connectivity index (χ3n) is 3.48. The third-order valence-corrected chi connectivity index (χ3v) is 3.81. The first kappa shape index (κ1) is 19.5. The van der Waals surface area contributed by atoms with Gasteiger partial charge in [-0.05, 0) is 17.7 Å². The van der Waals surface area contributed by atoms with E-state index < -0.39 is 17.2 Å². The number of aromatic amines is 1. The number of nitrogens with one attached hydrogen (secondary N) is 3. The van der Waals surface area contributed by atoms with E-state index in [0.717, 1.165) is 5.56 Å². The lowest BCUT2D eigenvalue weighted by atomic mass is 9.95. The molecule has 1 heterocycles. The minimum atomic E-state index is -0.687. The van der Waals surface area contributed by atoms with Crippen LogP contribution in [0.15, 0.2) is 24.4 Å². The van der Waals surface area contributed by atoms with E-state index in [0.29, 0.717) is 0 Å². The van der Waals surface area contributed by atoms with Gasteiger partial charge in [0.15, 0.2) is 0 Å². The summed E-state index contributed by atoms with van der Waals surface area (Å²) in [5.74, 6) is -1.23. The van der Waals surface area contributed by atoms with Gasteiger partial charge in [0.25, 0.3) is 11.8 Å². The van der Waals surface area contributed by atoms with Gasteiger partial charge in [0.1, 0.15) is 5.69 Å². The number of amides is 3. The molecule has 0 fully saturated rings. The van der Waals surface area contributed by atoms with Gasteiger partial charge < -0.3 is 16.0 Å². The summed E-state index contributed by atoms with van der Waals surface area (Å²) in [6.07, 6.45) is 1.22. The number of primary amides is 1. The van der Waals surface area contributed by atoms with Crippen molar-refractivity contribution in [3.05, 3.63) is 46.2 Å². The highest BCUT2D eigenvalue weighted by Crippen LogP contribution is 2.20. The Morgan fingerprint density at radius 3 is 2.54 bits per heavy atom. The number of aromatic nitrogens is 2. The maximum atomic E-state index is 12.4. The fourth-order valence-electron chi connectivity index (χ4n) is 1.99. The highest BCUT2D eigenvalue weighted by Gasteiger charge is 2.21. The summed E-state index contributed by atoms with van der Waals surface area (Å²) in [6.45, 7) is 5.70. The smallest absolute Gasteiger partial charge is 0.266 e. The monoisotopic (exact) mass is 377 g/mol. The van der Waals surface area contributed by atoms with Crippen molar-refractivity contribution in [3.63, 3.8) is 0 Å². The summed E-state index contributed by atoms with van der Waals surface area (Å²) in [5.41, 5.74) is 5.62. The molecule has 0 spiro atoms. The molecule has 26 heavy (non-hydrogen) atoms. The first-order valence-electron chi connectivity index (χ1n) is 7.81. The zero-order valence-corrected chi connectivity index (χ0v) is 15.4. The molecule has 0 saturated carbocycles. The van der Waals surface area contributed by atoms with E-state index in [-0.39, 0.29) is 34.7 Å². The minimum Gasteiger partial charge on any atom is -0.364 e. The normalized spacial score (nSPS) is 11.1. The van der Waals surface area contributed by atoms with Gasteiger partial charge in [0, 0.05) is 12.0 Å². The van der Waals surface area contributed by atoms with Crippen molar-refractivity contribution in [3.8, 4) is 0 Å². The number of hydrogen-bond acceptors (Lipinski definition) is 4. The van der Waals surface area contributed by atoms with Gasteiger partial charge in [-0.3, -0.25) is 19.7 Å². The number of rotatable bonds is 5. The molecule has 0 aliphatic carbocycles. The fourth-order valence-corrected chi connectivity index (χ4v) is 2.19. The lowest BCUT2D eigenvalue weighted by Crippen LogP contribution is -2.34. The lowest BCUT2D eigenvalue weighted by molar-refractivity contribution is -0.128. The number of halogens is 1. The molecule has 3 amide bonds. The summed E-state index contributed by atoms with van der Waals surface area (Å²) in [5, 5.41) is 5.56. The minimum absolute atomic E-state index is 0.0741. The van der Waals surface area contributed by atoms with Crippen LogP contribution in [0.25, 0.3) is 0 Å². The third kappa shape index (κ3) is 4.82. The molecular formula is C17H20ClN5O3. The number of nitrogens with two attached hydrogens (primary N) is 1. The Morgan fingerprint density at radius 1 is 1.27 bits per heavy atom. The molecule has 0 saturated heterocycles. The molecule has 138 valence electrons. The van der Waals surface area contributed by atoms with Crippen LogP contribution < -0.4 is 16.4 Å². The SMILES string of the molecule is CC(C)(C)C(=O)NCc1ccc(Cl)c(C(=O)Nc2ncc(C(N)=O)[nH]2)c1. The molecule has 2 rings (SSSR count). The van der Waals surface area contributed by atoms with Crippen molar-refractivity contribution in [2.45, 2.75) is 27.3 Å². The van der Waals surface area contributed by atoms with Crippen molar-refractivity contribution < 1.29 is 14.4 Å². The number of carbonyl (C=O) groups is 3. The van der Waals surface area contributed by atoms with Gasteiger partial charge in [0.05, 0.1) is 16.8 Å². The lowest BCUT2D eigenvalue weighted by Gasteiger charge is -2.18. The van der Waals surface area contributed by atoms with Crippen LogP contribution in [0.2, 0.25) is 5.02 Å². The molecule has 0 aliphatic heterocycles. The fraction of sp³-hybridized carbons (Fsp3) is 0.294. The topological polar surface area (TPSA) is 130 Å². The van der Waals surface area contributed by atoms with Crippen LogP contribution in [-0.2, 0) is 11.3 Å². The quantitative estimate of drug-likeness (QED) is 0.635. The molecular weight excluding hydrogens is 358 g/mol. The molecule has 5 N–H and O–H groups in total. The first-order valence-corrected chi connectivity index (χ1v) is 8.18.